The molecule has 3 aromatic rings. The largest absolute Gasteiger partial charge is 0.497 e. The molecular weight excluding hydrogens is 444 g/mol. The summed E-state index contributed by atoms with van der Waals surface area (Å²) in [6, 6.07) is 5.31. The number of anilines is 1. The van der Waals surface area contributed by atoms with Crippen LogP contribution in [0.25, 0.3) is 11.4 Å². The summed E-state index contributed by atoms with van der Waals surface area (Å²) < 4.78 is 12.8. The average molecular weight is 473 g/mol. The summed E-state index contributed by atoms with van der Waals surface area (Å²) in [5.41, 5.74) is 3.23. The van der Waals surface area contributed by atoms with Gasteiger partial charge in [-0.15, -0.1) is 21.5 Å². The number of carbonyl (C=O) groups excluding carboxylic acids is 1. The van der Waals surface area contributed by atoms with E-state index in [-0.39, 0.29) is 11.7 Å². The summed E-state index contributed by atoms with van der Waals surface area (Å²) in [7, 11) is 3.16. The van der Waals surface area contributed by atoms with Gasteiger partial charge in [0.15, 0.2) is 11.0 Å². The molecule has 0 fully saturated rings. The third-order valence-electron chi connectivity index (χ3n) is 5.48. The average Bonchev–Trinajstić information content (AvgIpc) is 3.41. The number of amides is 1. The van der Waals surface area contributed by atoms with Gasteiger partial charge < -0.3 is 19.4 Å². The maximum Gasteiger partial charge on any atom is 0.234 e. The van der Waals surface area contributed by atoms with Gasteiger partial charge in [-0.1, -0.05) is 18.7 Å². The molecule has 170 valence electrons. The van der Waals surface area contributed by atoms with Crippen molar-refractivity contribution < 1.29 is 14.3 Å². The maximum absolute atomic E-state index is 12.7. The van der Waals surface area contributed by atoms with Crippen LogP contribution < -0.4 is 14.8 Å². The number of nitrogens with one attached hydrogen (secondary N) is 1. The van der Waals surface area contributed by atoms with Gasteiger partial charge in [0.2, 0.25) is 5.91 Å². The van der Waals surface area contributed by atoms with Gasteiger partial charge in [-0.2, -0.15) is 0 Å². The number of nitrogens with zero attached hydrogens (tertiary/aromatic N) is 3. The molecule has 0 unspecified atom stereocenters. The van der Waals surface area contributed by atoms with Crippen molar-refractivity contribution in [3.05, 3.63) is 34.0 Å². The predicted molar refractivity (Wildman–Crippen MR) is 129 cm³/mol. The minimum atomic E-state index is -0.137. The molecule has 32 heavy (non-hydrogen) atoms. The fourth-order valence-corrected chi connectivity index (χ4v) is 5.82. The lowest BCUT2D eigenvalue weighted by molar-refractivity contribution is -0.113. The molecule has 1 aliphatic rings. The standard InChI is InChI=1S/C23H28N4O3S2/c1-4-11-27-22(17-13-31-20-8-6-5-7-16(17)20)25-26-23(27)32-14-21(28)24-18-12-15(29-2)9-10-19(18)30-3/h9-10,12-13H,4-8,11,14H2,1-3H3,(H,24,28). The van der Waals surface area contributed by atoms with Crippen molar-refractivity contribution in [2.75, 3.05) is 25.3 Å². The lowest BCUT2D eigenvalue weighted by atomic mass is 9.95. The van der Waals surface area contributed by atoms with Crippen molar-refractivity contribution in [2.45, 2.75) is 50.7 Å². The number of thiophene rings is 1. The molecule has 0 spiro atoms. The topological polar surface area (TPSA) is 78.3 Å². The van der Waals surface area contributed by atoms with Crippen molar-refractivity contribution in [3.63, 3.8) is 0 Å². The van der Waals surface area contributed by atoms with Crippen molar-refractivity contribution in [1.29, 1.82) is 0 Å². The third kappa shape index (κ3) is 4.78. The molecule has 9 heteroatoms. The molecule has 2 aromatic heterocycles. The second-order valence-corrected chi connectivity index (χ2v) is 9.53. The van der Waals surface area contributed by atoms with Gasteiger partial charge in [0.1, 0.15) is 11.5 Å². The summed E-state index contributed by atoms with van der Waals surface area (Å²) in [5, 5.41) is 14.9. The molecule has 1 aliphatic carbocycles. The first-order valence-electron chi connectivity index (χ1n) is 10.8. The third-order valence-corrected chi connectivity index (χ3v) is 7.53. The molecule has 1 aromatic carbocycles. The summed E-state index contributed by atoms with van der Waals surface area (Å²) in [4.78, 5) is 14.2. The fraction of sp³-hybridized carbons (Fsp3) is 0.435. The molecule has 1 amide bonds. The van der Waals surface area contributed by atoms with E-state index >= 15 is 0 Å². The highest BCUT2D eigenvalue weighted by atomic mass is 32.2. The van der Waals surface area contributed by atoms with Crippen molar-refractivity contribution in [1.82, 2.24) is 14.8 Å². The molecule has 2 heterocycles. The monoisotopic (exact) mass is 472 g/mol. The minimum Gasteiger partial charge on any atom is -0.497 e. The summed E-state index contributed by atoms with van der Waals surface area (Å²) in [6.07, 6.45) is 5.74. The van der Waals surface area contributed by atoms with E-state index in [1.807, 2.05) is 11.3 Å². The maximum atomic E-state index is 12.7. The van der Waals surface area contributed by atoms with Crippen molar-refractivity contribution in [2.24, 2.45) is 0 Å². The number of benzene rings is 1. The number of rotatable bonds is 9. The van der Waals surface area contributed by atoms with Crippen LogP contribution in [-0.4, -0.2) is 40.6 Å². The van der Waals surface area contributed by atoms with Crippen LogP contribution in [0.3, 0.4) is 0 Å². The van der Waals surface area contributed by atoms with Crippen molar-refractivity contribution >= 4 is 34.7 Å². The molecule has 0 saturated carbocycles. The number of ether oxygens (including phenoxy) is 2. The normalized spacial score (nSPS) is 13.0. The zero-order chi connectivity index (χ0) is 22.5. The van der Waals surface area contributed by atoms with E-state index in [2.05, 4.69) is 32.4 Å². The molecule has 0 saturated heterocycles. The lowest BCUT2D eigenvalue weighted by Gasteiger charge is -2.14. The molecule has 0 bridgehead atoms. The van der Waals surface area contributed by atoms with Gasteiger partial charge in [0, 0.05) is 28.4 Å². The number of hydrogen-bond donors (Lipinski definition) is 1. The number of methoxy groups -OCH3 is 2. The Balaban J connectivity index is 1.49. The van der Waals surface area contributed by atoms with Gasteiger partial charge in [-0.3, -0.25) is 4.79 Å². The van der Waals surface area contributed by atoms with Crippen LogP contribution in [0.5, 0.6) is 11.5 Å². The highest BCUT2D eigenvalue weighted by Gasteiger charge is 2.22. The van der Waals surface area contributed by atoms with Gasteiger partial charge in [-0.05, 0) is 49.8 Å². The van der Waals surface area contributed by atoms with Crippen LogP contribution in [0.2, 0.25) is 0 Å². The van der Waals surface area contributed by atoms with E-state index in [1.54, 1.807) is 32.4 Å². The molecule has 1 N–H and O–H groups in total. The Kier molecular flexibility index (Phi) is 7.36. The van der Waals surface area contributed by atoms with E-state index in [0.29, 0.717) is 17.2 Å². The Morgan fingerprint density at radius 1 is 1.22 bits per heavy atom. The molecule has 0 radical (unpaired) electrons. The van der Waals surface area contributed by atoms with E-state index in [1.165, 1.54) is 40.6 Å². The zero-order valence-electron chi connectivity index (χ0n) is 18.6. The Labute approximate surface area is 196 Å². The van der Waals surface area contributed by atoms with Crippen LogP contribution in [0.15, 0.2) is 28.7 Å². The van der Waals surface area contributed by atoms with E-state index in [9.17, 15) is 4.79 Å². The lowest BCUT2D eigenvalue weighted by Crippen LogP contribution is -2.15. The first kappa shape index (κ1) is 22.7. The van der Waals surface area contributed by atoms with Gasteiger partial charge >= 0.3 is 0 Å². The molecule has 0 atom stereocenters. The second kappa shape index (κ2) is 10.4. The number of aromatic nitrogens is 3. The SMILES string of the molecule is CCCn1c(SCC(=O)Nc2cc(OC)ccc2OC)nnc1-c1csc2c1CCCC2. The Morgan fingerprint density at radius 2 is 2.06 bits per heavy atom. The van der Waals surface area contributed by atoms with Crippen LogP contribution in [-0.2, 0) is 24.2 Å². The van der Waals surface area contributed by atoms with Gasteiger partial charge in [0.05, 0.1) is 25.7 Å². The van der Waals surface area contributed by atoms with E-state index < -0.39 is 0 Å². The van der Waals surface area contributed by atoms with Crippen LogP contribution in [0.1, 0.15) is 36.6 Å². The number of thioether (sulfide) groups is 1. The molecular formula is C23H28N4O3S2. The highest BCUT2D eigenvalue weighted by Crippen LogP contribution is 2.37. The quantitative estimate of drug-likeness (QED) is 0.440. The van der Waals surface area contributed by atoms with Crippen molar-refractivity contribution in [3.8, 4) is 22.9 Å². The minimum absolute atomic E-state index is 0.137. The Bertz CT molecular complexity index is 1090. The summed E-state index contributed by atoms with van der Waals surface area (Å²) in [6.45, 7) is 2.96. The summed E-state index contributed by atoms with van der Waals surface area (Å²) in [5.74, 6) is 2.25. The van der Waals surface area contributed by atoms with Gasteiger partial charge in [-0.25, -0.2) is 0 Å². The smallest absolute Gasteiger partial charge is 0.234 e. The predicted octanol–water partition coefficient (Wildman–Crippen LogP) is 5.04. The number of fused-ring (bicyclic) bond motifs is 1. The highest BCUT2D eigenvalue weighted by molar-refractivity contribution is 7.99. The molecule has 4 rings (SSSR count). The first-order valence-corrected chi connectivity index (χ1v) is 12.7. The van der Waals surface area contributed by atoms with E-state index in [4.69, 9.17) is 9.47 Å². The molecule has 7 nitrogen and oxygen atoms in total. The Morgan fingerprint density at radius 3 is 2.84 bits per heavy atom. The number of hydrogen-bond acceptors (Lipinski definition) is 7. The van der Waals surface area contributed by atoms with Crippen LogP contribution in [0, 0.1) is 0 Å². The van der Waals surface area contributed by atoms with Crippen LogP contribution >= 0.6 is 23.1 Å². The number of aryl methyl sites for hydroxylation is 1. The summed E-state index contributed by atoms with van der Waals surface area (Å²) >= 11 is 3.24. The molecule has 0 aliphatic heterocycles. The fourth-order valence-electron chi connectivity index (χ4n) is 3.93. The first-order chi connectivity index (χ1) is 15.6. The Hall–Kier alpha value is -2.52. The van der Waals surface area contributed by atoms with E-state index in [0.717, 1.165) is 36.8 Å². The van der Waals surface area contributed by atoms with Crippen LogP contribution in [0.4, 0.5) is 5.69 Å². The second-order valence-electron chi connectivity index (χ2n) is 7.62. The number of carbonyl (C=O) groups is 1. The zero-order valence-corrected chi connectivity index (χ0v) is 20.3. The van der Waals surface area contributed by atoms with Gasteiger partial charge in [0.25, 0.3) is 0 Å².